The number of hydrogen-bond acceptors (Lipinski definition) is 5. The first-order valence-corrected chi connectivity index (χ1v) is 10.6. The number of unbranched alkanes of at least 4 members (excludes halogenated alkanes) is 1. The molecule has 1 aromatic carbocycles. The van der Waals surface area contributed by atoms with E-state index in [-0.39, 0.29) is 23.8 Å². The van der Waals surface area contributed by atoms with Gasteiger partial charge in [0.2, 0.25) is 15.9 Å². The number of benzene rings is 1. The molecule has 0 aromatic heterocycles. The molecule has 8 heteroatoms. The number of hydrogen-bond donors (Lipinski definition) is 1. The molecule has 26 heavy (non-hydrogen) atoms. The molecular weight excluding hydrogens is 354 g/mol. The number of nitrogens with one attached hydrogen (secondary N) is 1. The topological polar surface area (TPSA) is 79.0 Å². The minimum absolute atomic E-state index is 0.0120. The van der Waals surface area contributed by atoms with E-state index in [1.54, 1.807) is 36.3 Å². The molecule has 146 valence electrons. The van der Waals surface area contributed by atoms with E-state index in [4.69, 9.17) is 4.74 Å². The van der Waals surface area contributed by atoms with Crippen molar-refractivity contribution >= 4 is 15.9 Å². The highest BCUT2D eigenvalue weighted by atomic mass is 32.2. The molecule has 7 nitrogen and oxygen atoms in total. The minimum Gasteiger partial charge on any atom is -0.497 e. The van der Waals surface area contributed by atoms with Gasteiger partial charge in [-0.05, 0) is 30.7 Å². The average molecular weight is 384 g/mol. The lowest BCUT2D eigenvalue weighted by atomic mass is 10.3. The summed E-state index contributed by atoms with van der Waals surface area (Å²) in [6.07, 6.45) is 1.86. The smallest absolute Gasteiger partial charge is 0.243 e. The molecule has 1 aromatic rings. The largest absolute Gasteiger partial charge is 0.497 e. The molecule has 1 aliphatic rings. The zero-order valence-electron chi connectivity index (χ0n) is 15.6. The number of carbonyl (C=O) groups excluding carboxylic acids is 1. The molecule has 1 aliphatic heterocycles. The molecule has 1 amide bonds. The van der Waals surface area contributed by atoms with Gasteiger partial charge in [0.25, 0.3) is 0 Å². The first-order chi connectivity index (χ1) is 12.5. The van der Waals surface area contributed by atoms with Gasteiger partial charge in [-0.25, -0.2) is 8.42 Å². The van der Waals surface area contributed by atoms with Crippen LogP contribution in [0.5, 0.6) is 5.75 Å². The average Bonchev–Trinajstić information content (AvgIpc) is 2.68. The molecule has 0 atom stereocenters. The van der Waals surface area contributed by atoms with Crippen molar-refractivity contribution in [1.29, 1.82) is 0 Å². The quantitative estimate of drug-likeness (QED) is 0.696. The predicted octanol–water partition coefficient (Wildman–Crippen LogP) is 1.31. The van der Waals surface area contributed by atoms with Crippen molar-refractivity contribution in [3.8, 4) is 5.75 Å². The number of nitrogens with zero attached hydrogens (tertiary/aromatic N) is 2. The Kier molecular flexibility index (Phi) is 7.86. The number of piperazine rings is 1. The molecule has 1 heterocycles. The maximum absolute atomic E-state index is 13.0. The Bertz CT molecular complexity index is 670. The predicted molar refractivity (Wildman–Crippen MR) is 101 cm³/mol. The van der Waals surface area contributed by atoms with Gasteiger partial charge in [0, 0.05) is 45.7 Å². The lowest BCUT2D eigenvalue weighted by Crippen LogP contribution is -2.47. The SMILES string of the molecule is CCCCN(CCC(=O)N1CCNCC1)S(=O)(=O)c1ccc(OC)cc1. The Labute approximate surface area is 156 Å². The third-order valence-corrected chi connectivity index (χ3v) is 6.42. The first-order valence-electron chi connectivity index (χ1n) is 9.11. The summed E-state index contributed by atoms with van der Waals surface area (Å²) in [5, 5.41) is 3.21. The number of ether oxygens (including phenoxy) is 1. The van der Waals surface area contributed by atoms with Crippen LogP contribution in [-0.4, -0.2) is 69.9 Å². The third-order valence-electron chi connectivity index (χ3n) is 4.50. The van der Waals surface area contributed by atoms with E-state index < -0.39 is 10.0 Å². The zero-order chi connectivity index (χ0) is 19.0. The van der Waals surface area contributed by atoms with E-state index >= 15 is 0 Å². The highest BCUT2D eigenvalue weighted by Gasteiger charge is 2.26. The second-order valence-electron chi connectivity index (χ2n) is 6.31. The molecule has 2 rings (SSSR count). The van der Waals surface area contributed by atoms with Crippen molar-refractivity contribution in [2.24, 2.45) is 0 Å². The standard InChI is InChI=1S/C18H29N3O4S/c1-3-4-12-21(13-9-18(22)20-14-10-19-11-15-20)26(23,24)17-7-5-16(25-2)6-8-17/h5-8,19H,3-4,9-15H2,1-2H3. The lowest BCUT2D eigenvalue weighted by Gasteiger charge is -2.29. The summed E-state index contributed by atoms with van der Waals surface area (Å²) in [6.45, 7) is 5.57. The van der Waals surface area contributed by atoms with Gasteiger partial charge in [0.05, 0.1) is 12.0 Å². The molecule has 0 bridgehead atoms. The van der Waals surface area contributed by atoms with Gasteiger partial charge in [0.15, 0.2) is 0 Å². The highest BCUT2D eigenvalue weighted by Crippen LogP contribution is 2.20. The summed E-state index contributed by atoms with van der Waals surface area (Å²) in [6, 6.07) is 6.37. The van der Waals surface area contributed by atoms with Gasteiger partial charge >= 0.3 is 0 Å². The summed E-state index contributed by atoms with van der Waals surface area (Å²) in [5.74, 6) is 0.621. The zero-order valence-corrected chi connectivity index (χ0v) is 16.4. The van der Waals surface area contributed by atoms with E-state index in [0.29, 0.717) is 25.4 Å². The fourth-order valence-electron chi connectivity index (χ4n) is 2.88. The van der Waals surface area contributed by atoms with Gasteiger partial charge < -0.3 is 15.0 Å². The summed E-state index contributed by atoms with van der Waals surface area (Å²) in [4.78, 5) is 14.4. The monoisotopic (exact) mass is 383 g/mol. The number of methoxy groups -OCH3 is 1. The third kappa shape index (κ3) is 5.43. The van der Waals surface area contributed by atoms with Crippen LogP contribution >= 0.6 is 0 Å². The molecule has 0 unspecified atom stereocenters. The maximum atomic E-state index is 13.0. The lowest BCUT2D eigenvalue weighted by molar-refractivity contribution is -0.131. The Morgan fingerprint density at radius 2 is 1.85 bits per heavy atom. The molecular formula is C18H29N3O4S. The van der Waals surface area contributed by atoms with Gasteiger partial charge in [-0.2, -0.15) is 4.31 Å². The second-order valence-corrected chi connectivity index (χ2v) is 8.25. The second kappa shape index (κ2) is 9.89. The van der Waals surface area contributed by atoms with Crippen LogP contribution in [0.4, 0.5) is 0 Å². The van der Waals surface area contributed by atoms with Crippen LogP contribution in [0, 0.1) is 0 Å². The molecule has 0 aliphatic carbocycles. The van der Waals surface area contributed by atoms with Gasteiger partial charge in [0.1, 0.15) is 5.75 Å². The van der Waals surface area contributed by atoms with Crippen molar-refractivity contribution < 1.29 is 17.9 Å². The van der Waals surface area contributed by atoms with Crippen LogP contribution in [0.2, 0.25) is 0 Å². The summed E-state index contributed by atoms with van der Waals surface area (Å²) in [7, 11) is -2.09. The van der Waals surface area contributed by atoms with Crippen LogP contribution in [-0.2, 0) is 14.8 Å². The fraction of sp³-hybridized carbons (Fsp3) is 0.611. The molecule has 0 saturated carbocycles. The Balaban J connectivity index is 2.07. The van der Waals surface area contributed by atoms with Crippen LogP contribution in [0.3, 0.4) is 0 Å². The Hall–Kier alpha value is -1.64. The van der Waals surface area contributed by atoms with E-state index in [1.807, 2.05) is 6.92 Å². The number of carbonyl (C=O) groups is 1. The van der Waals surface area contributed by atoms with Gasteiger partial charge in [-0.15, -0.1) is 0 Å². The summed E-state index contributed by atoms with van der Waals surface area (Å²) in [5.41, 5.74) is 0. The van der Waals surface area contributed by atoms with E-state index in [1.165, 1.54) is 4.31 Å². The maximum Gasteiger partial charge on any atom is 0.243 e. The van der Waals surface area contributed by atoms with Gasteiger partial charge in [-0.3, -0.25) is 4.79 Å². The Morgan fingerprint density at radius 1 is 1.19 bits per heavy atom. The number of rotatable bonds is 9. The van der Waals surface area contributed by atoms with Crippen molar-refractivity contribution in [3.63, 3.8) is 0 Å². The van der Waals surface area contributed by atoms with E-state index in [0.717, 1.165) is 25.9 Å². The number of sulfonamides is 1. The molecule has 1 saturated heterocycles. The summed E-state index contributed by atoms with van der Waals surface area (Å²) >= 11 is 0. The van der Waals surface area contributed by atoms with Crippen molar-refractivity contribution in [2.75, 3.05) is 46.4 Å². The van der Waals surface area contributed by atoms with E-state index in [9.17, 15) is 13.2 Å². The van der Waals surface area contributed by atoms with Crippen molar-refractivity contribution in [2.45, 2.75) is 31.1 Å². The van der Waals surface area contributed by atoms with Crippen molar-refractivity contribution in [1.82, 2.24) is 14.5 Å². The first kappa shape index (κ1) is 20.7. The van der Waals surface area contributed by atoms with Crippen LogP contribution in [0.1, 0.15) is 26.2 Å². The molecule has 0 spiro atoms. The summed E-state index contributed by atoms with van der Waals surface area (Å²) < 4.78 is 32.5. The minimum atomic E-state index is -3.63. The van der Waals surface area contributed by atoms with Gasteiger partial charge in [-0.1, -0.05) is 13.3 Å². The fourth-order valence-corrected chi connectivity index (χ4v) is 4.36. The normalized spacial score (nSPS) is 15.3. The molecule has 0 radical (unpaired) electrons. The number of amides is 1. The van der Waals surface area contributed by atoms with Crippen LogP contribution in [0.15, 0.2) is 29.2 Å². The molecule has 1 fully saturated rings. The van der Waals surface area contributed by atoms with E-state index in [2.05, 4.69) is 5.32 Å². The van der Waals surface area contributed by atoms with Crippen LogP contribution in [0.25, 0.3) is 0 Å². The Morgan fingerprint density at radius 3 is 2.42 bits per heavy atom. The van der Waals surface area contributed by atoms with Crippen molar-refractivity contribution in [3.05, 3.63) is 24.3 Å². The molecule has 1 N–H and O–H groups in total. The van der Waals surface area contributed by atoms with Crippen LogP contribution < -0.4 is 10.1 Å². The highest BCUT2D eigenvalue weighted by molar-refractivity contribution is 7.89.